The monoisotopic (exact) mass is 170 g/mol. The molecule has 4 N–H and O–H groups in total. The van der Waals surface area contributed by atoms with E-state index in [1.807, 2.05) is 6.92 Å². The molecule has 0 spiro atoms. The molecule has 1 atom stereocenters. The summed E-state index contributed by atoms with van der Waals surface area (Å²) in [5.41, 5.74) is 10.5. The number of aromatic nitrogens is 2. The molecule has 0 saturated carbocycles. The largest absolute Gasteiger partial charge is 0.363 e. The summed E-state index contributed by atoms with van der Waals surface area (Å²) in [7, 11) is 0. The first-order valence-corrected chi connectivity index (χ1v) is 3.54. The average molecular weight is 170 g/mol. The van der Waals surface area contributed by atoms with Crippen LogP contribution in [0, 0.1) is 0 Å². The maximum absolute atomic E-state index is 10.5. The van der Waals surface area contributed by atoms with Crippen LogP contribution in [0.25, 0.3) is 0 Å². The second-order valence-electron chi connectivity index (χ2n) is 2.34. The predicted molar refractivity (Wildman–Crippen MR) is 40.0 cm³/mol. The summed E-state index contributed by atoms with van der Waals surface area (Å²) in [4.78, 5) is 14.2. The third-order valence-corrected chi connectivity index (χ3v) is 1.42. The lowest BCUT2D eigenvalue weighted by atomic mass is 10.2. The van der Waals surface area contributed by atoms with Gasteiger partial charge in [-0.3, -0.25) is 4.79 Å². The number of rotatable bonds is 3. The Kier molecular flexibility index (Phi) is 2.39. The zero-order chi connectivity index (χ0) is 9.14. The number of primary amides is 1. The summed E-state index contributed by atoms with van der Waals surface area (Å²) in [6, 6.07) is -0.328. The molecule has 0 aliphatic carbocycles. The van der Waals surface area contributed by atoms with Gasteiger partial charge in [0.15, 0.2) is 0 Å². The quantitative estimate of drug-likeness (QED) is 0.640. The second-order valence-corrected chi connectivity index (χ2v) is 2.34. The Morgan fingerprint density at radius 2 is 2.42 bits per heavy atom. The molecule has 0 aromatic carbocycles. The lowest BCUT2D eigenvalue weighted by molar-refractivity contribution is 0.0987. The van der Waals surface area contributed by atoms with Gasteiger partial charge in [0.1, 0.15) is 0 Å². The minimum Gasteiger partial charge on any atom is -0.363 e. The molecule has 0 unspecified atom stereocenters. The molecule has 0 aliphatic rings. The fraction of sp³-hybridized carbons (Fsp3) is 0.500. The number of amides is 1. The topological polar surface area (TPSA) is 108 Å². The maximum atomic E-state index is 10.5. The van der Waals surface area contributed by atoms with Crippen molar-refractivity contribution in [3.63, 3.8) is 0 Å². The highest BCUT2D eigenvalue weighted by atomic mass is 16.5. The summed E-state index contributed by atoms with van der Waals surface area (Å²) in [6.45, 7) is 1.87. The van der Waals surface area contributed by atoms with Gasteiger partial charge in [-0.15, -0.1) is 0 Å². The van der Waals surface area contributed by atoms with Crippen LogP contribution in [-0.2, 0) is 0 Å². The van der Waals surface area contributed by atoms with Gasteiger partial charge in [-0.25, -0.2) is 0 Å². The third-order valence-electron chi connectivity index (χ3n) is 1.42. The van der Waals surface area contributed by atoms with E-state index in [1.54, 1.807) is 0 Å². The van der Waals surface area contributed by atoms with E-state index in [2.05, 4.69) is 10.1 Å². The van der Waals surface area contributed by atoms with E-state index in [9.17, 15) is 4.79 Å². The normalized spacial score (nSPS) is 12.8. The Balaban J connectivity index is 2.84. The van der Waals surface area contributed by atoms with Gasteiger partial charge in [0.25, 0.3) is 11.7 Å². The highest BCUT2D eigenvalue weighted by Gasteiger charge is 2.15. The molecule has 0 saturated heterocycles. The Morgan fingerprint density at radius 1 is 1.75 bits per heavy atom. The summed E-state index contributed by atoms with van der Waals surface area (Å²) in [5, 5.41) is 3.34. The molecule has 0 aliphatic heterocycles. The van der Waals surface area contributed by atoms with Gasteiger partial charge < -0.3 is 16.0 Å². The van der Waals surface area contributed by atoms with Gasteiger partial charge in [0, 0.05) is 0 Å². The minimum absolute atomic E-state index is 0.131. The van der Waals surface area contributed by atoms with E-state index in [-0.39, 0.29) is 17.8 Å². The molecule has 6 nitrogen and oxygen atoms in total. The molecule has 6 heteroatoms. The van der Waals surface area contributed by atoms with Gasteiger partial charge in [0.05, 0.1) is 6.04 Å². The number of nitrogens with two attached hydrogens (primary N) is 2. The van der Waals surface area contributed by atoms with E-state index in [1.165, 1.54) is 0 Å². The van der Waals surface area contributed by atoms with E-state index in [0.717, 1.165) is 0 Å². The fourth-order valence-electron chi connectivity index (χ4n) is 0.661. The van der Waals surface area contributed by atoms with Gasteiger partial charge >= 0.3 is 0 Å². The van der Waals surface area contributed by atoms with Crippen molar-refractivity contribution >= 4 is 5.91 Å². The summed E-state index contributed by atoms with van der Waals surface area (Å²) in [5.74, 6) is -0.603. The summed E-state index contributed by atoms with van der Waals surface area (Å²) in [6.07, 6.45) is 0.667. The lowest BCUT2D eigenvalue weighted by Crippen LogP contribution is -2.14. The van der Waals surface area contributed by atoms with Crippen LogP contribution in [0.2, 0.25) is 0 Å². The fourth-order valence-corrected chi connectivity index (χ4v) is 0.661. The Hall–Kier alpha value is -1.43. The van der Waals surface area contributed by atoms with Crippen LogP contribution >= 0.6 is 0 Å². The van der Waals surface area contributed by atoms with Crippen LogP contribution in [0.3, 0.4) is 0 Å². The van der Waals surface area contributed by atoms with Crippen molar-refractivity contribution in [2.24, 2.45) is 11.5 Å². The molecule has 12 heavy (non-hydrogen) atoms. The van der Waals surface area contributed by atoms with E-state index in [0.29, 0.717) is 6.42 Å². The zero-order valence-electron chi connectivity index (χ0n) is 6.65. The molecular formula is C6H10N4O2. The van der Waals surface area contributed by atoms with Crippen LogP contribution in [0.5, 0.6) is 0 Å². The van der Waals surface area contributed by atoms with Gasteiger partial charge in [-0.2, -0.15) is 4.98 Å². The van der Waals surface area contributed by atoms with Crippen molar-refractivity contribution in [3.05, 3.63) is 11.7 Å². The zero-order valence-corrected chi connectivity index (χ0v) is 6.65. The van der Waals surface area contributed by atoms with Crippen LogP contribution in [0.1, 0.15) is 35.9 Å². The smallest absolute Gasteiger partial charge is 0.290 e. The highest BCUT2D eigenvalue weighted by Crippen LogP contribution is 2.09. The maximum Gasteiger partial charge on any atom is 0.290 e. The number of hydrogen-bond donors (Lipinski definition) is 2. The number of carbonyl (C=O) groups excluding carboxylic acids is 1. The molecule has 0 fully saturated rings. The number of nitrogens with zero attached hydrogens (tertiary/aromatic N) is 2. The first-order valence-electron chi connectivity index (χ1n) is 3.54. The molecule has 1 rings (SSSR count). The van der Waals surface area contributed by atoms with Crippen molar-refractivity contribution in [1.29, 1.82) is 0 Å². The van der Waals surface area contributed by atoms with Crippen molar-refractivity contribution in [2.75, 3.05) is 0 Å². The molecule has 1 aromatic heterocycles. The van der Waals surface area contributed by atoms with Crippen molar-refractivity contribution < 1.29 is 9.32 Å². The van der Waals surface area contributed by atoms with E-state index < -0.39 is 5.91 Å². The Labute approximate surface area is 68.9 Å². The first kappa shape index (κ1) is 8.66. The lowest BCUT2D eigenvalue weighted by Gasteiger charge is -1.98. The first-order chi connectivity index (χ1) is 5.65. The summed E-state index contributed by atoms with van der Waals surface area (Å²) < 4.78 is 4.69. The van der Waals surface area contributed by atoms with Crippen molar-refractivity contribution in [3.8, 4) is 0 Å². The van der Waals surface area contributed by atoms with Crippen LogP contribution in [0.4, 0.5) is 0 Å². The van der Waals surface area contributed by atoms with Crippen LogP contribution in [0.15, 0.2) is 4.52 Å². The van der Waals surface area contributed by atoms with Crippen molar-refractivity contribution in [1.82, 2.24) is 10.1 Å². The SMILES string of the molecule is CC[C@@H](N)c1nc(C(N)=O)no1. The average Bonchev–Trinajstić information content (AvgIpc) is 2.51. The van der Waals surface area contributed by atoms with Gasteiger partial charge in [0.2, 0.25) is 5.89 Å². The van der Waals surface area contributed by atoms with Crippen LogP contribution in [-0.4, -0.2) is 16.0 Å². The Morgan fingerprint density at radius 3 is 2.83 bits per heavy atom. The molecule has 66 valence electrons. The van der Waals surface area contributed by atoms with E-state index in [4.69, 9.17) is 16.0 Å². The van der Waals surface area contributed by atoms with Gasteiger partial charge in [-0.1, -0.05) is 12.1 Å². The molecule has 0 radical (unpaired) electrons. The molecule has 1 heterocycles. The van der Waals surface area contributed by atoms with Gasteiger partial charge in [-0.05, 0) is 6.42 Å². The highest BCUT2D eigenvalue weighted by molar-refractivity contribution is 5.88. The second kappa shape index (κ2) is 3.31. The Bertz CT molecular complexity index is 283. The standard InChI is InChI=1S/C6H10N4O2/c1-2-3(7)6-9-5(4(8)11)10-12-6/h3H,2,7H2,1H3,(H2,8,11)/t3-/m1/s1. The molecule has 1 amide bonds. The van der Waals surface area contributed by atoms with E-state index >= 15 is 0 Å². The summed E-state index contributed by atoms with van der Waals surface area (Å²) >= 11 is 0. The number of hydrogen-bond acceptors (Lipinski definition) is 5. The molecule has 1 aromatic rings. The minimum atomic E-state index is -0.715. The third kappa shape index (κ3) is 1.59. The number of carbonyl (C=O) groups is 1. The molecular weight excluding hydrogens is 160 g/mol. The predicted octanol–water partition coefficient (Wildman–Crippen LogP) is -0.422. The molecule has 0 bridgehead atoms. The van der Waals surface area contributed by atoms with Crippen molar-refractivity contribution in [2.45, 2.75) is 19.4 Å². The van der Waals surface area contributed by atoms with Crippen LogP contribution < -0.4 is 11.5 Å².